The van der Waals surface area contributed by atoms with Gasteiger partial charge in [-0.05, 0) is 50.3 Å². The molecule has 2 rings (SSSR count). The number of hydrogen-bond donors (Lipinski definition) is 2. The Balaban J connectivity index is 2.13. The van der Waals surface area contributed by atoms with E-state index in [-0.39, 0.29) is 5.97 Å². The molecule has 1 heterocycles. The Labute approximate surface area is 150 Å². The number of ether oxygens (including phenoxy) is 1. The third kappa shape index (κ3) is 4.58. The van der Waals surface area contributed by atoms with E-state index in [1.165, 1.54) is 12.7 Å². The first kappa shape index (κ1) is 19.8. The van der Waals surface area contributed by atoms with Crippen LogP contribution in [0.2, 0.25) is 0 Å². The van der Waals surface area contributed by atoms with Crippen LogP contribution in [0.4, 0.5) is 0 Å². The molecule has 0 spiro atoms. The van der Waals surface area contributed by atoms with E-state index in [1.54, 1.807) is 7.11 Å². The maximum atomic E-state index is 12.4. The first-order valence-electron chi connectivity index (χ1n) is 8.71. The Hall–Kier alpha value is -1.47. The van der Waals surface area contributed by atoms with Gasteiger partial charge in [0.15, 0.2) is 0 Å². The Morgan fingerprint density at radius 2 is 1.80 bits per heavy atom. The van der Waals surface area contributed by atoms with Gasteiger partial charge in [-0.15, -0.1) is 0 Å². The maximum Gasteiger partial charge on any atom is 0.326 e. The summed E-state index contributed by atoms with van der Waals surface area (Å²) in [5, 5.41) is 15.6. The Morgan fingerprint density at radius 1 is 1.24 bits per heavy atom. The minimum absolute atomic E-state index is 0.334. The molecule has 1 unspecified atom stereocenters. The monoisotopic (exact) mass is 350 g/mol. The van der Waals surface area contributed by atoms with E-state index in [4.69, 9.17) is 9.57 Å². The highest BCUT2D eigenvalue weighted by atomic mass is 16.7. The second kappa shape index (κ2) is 8.27. The molecule has 0 aliphatic carbocycles. The van der Waals surface area contributed by atoms with E-state index in [1.807, 2.05) is 5.06 Å². The number of hydroxylamine groups is 2. The van der Waals surface area contributed by atoms with E-state index in [9.17, 15) is 9.90 Å². The van der Waals surface area contributed by atoms with Gasteiger partial charge >= 0.3 is 5.97 Å². The first-order valence-corrected chi connectivity index (χ1v) is 8.71. The summed E-state index contributed by atoms with van der Waals surface area (Å²) in [6, 6.07) is 4.23. The van der Waals surface area contributed by atoms with Crippen LogP contribution >= 0.6 is 0 Å². The average molecular weight is 350 g/mol. The fraction of sp³-hybridized carbons (Fsp3) is 0.632. The van der Waals surface area contributed by atoms with Gasteiger partial charge in [0.25, 0.3) is 0 Å². The number of nitrogens with one attached hydrogen (secondary N) is 1. The zero-order valence-corrected chi connectivity index (χ0v) is 15.9. The van der Waals surface area contributed by atoms with Crippen molar-refractivity contribution in [2.24, 2.45) is 0 Å². The third-order valence-electron chi connectivity index (χ3n) is 5.09. The summed E-state index contributed by atoms with van der Waals surface area (Å²) in [6.07, 6.45) is 0.672. The number of carbonyl (C=O) groups excluding carboxylic acids is 1. The van der Waals surface area contributed by atoms with Crippen LogP contribution in [0.1, 0.15) is 35.1 Å². The molecule has 1 aromatic rings. The van der Waals surface area contributed by atoms with Crippen molar-refractivity contribution in [2.45, 2.75) is 51.8 Å². The van der Waals surface area contributed by atoms with Crippen LogP contribution in [-0.2, 0) is 20.8 Å². The summed E-state index contributed by atoms with van der Waals surface area (Å²) in [6.45, 7) is 7.38. The Kier molecular flexibility index (Phi) is 6.57. The largest absolute Gasteiger partial charge is 0.468 e. The number of aryl methyl sites for hydroxylation is 3. The summed E-state index contributed by atoms with van der Waals surface area (Å²) in [7, 11) is 3.01. The van der Waals surface area contributed by atoms with Crippen LogP contribution in [0.25, 0.3) is 0 Å². The van der Waals surface area contributed by atoms with Gasteiger partial charge in [-0.25, -0.2) is 0 Å². The molecule has 1 atom stereocenters. The summed E-state index contributed by atoms with van der Waals surface area (Å²) in [4.78, 5) is 17.6. The Bertz CT molecular complexity index is 586. The van der Waals surface area contributed by atoms with Crippen LogP contribution in [0.3, 0.4) is 0 Å². The van der Waals surface area contributed by atoms with Crippen LogP contribution < -0.4 is 5.32 Å². The minimum Gasteiger partial charge on any atom is -0.468 e. The van der Waals surface area contributed by atoms with E-state index in [2.05, 4.69) is 38.2 Å². The highest BCUT2D eigenvalue weighted by Gasteiger charge is 2.43. The number of aliphatic hydroxyl groups excluding tert-OH is 1. The molecule has 0 saturated carbocycles. The number of nitrogens with zero attached hydrogens (tertiary/aromatic N) is 1. The lowest BCUT2D eigenvalue weighted by Crippen LogP contribution is -2.61. The lowest BCUT2D eigenvalue weighted by Gasteiger charge is -2.40. The molecule has 6 heteroatoms. The molecule has 2 N–H and O–H groups in total. The summed E-state index contributed by atoms with van der Waals surface area (Å²) in [5.41, 5.74) is 3.74. The third-order valence-corrected chi connectivity index (χ3v) is 5.09. The zero-order valence-electron chi connectivity index (χ0n) is 15.9. The average Bonchev–Trinajstić information content (AvgIpc) is 2.58. The van der Waals surface area contributed by atoms with Crippen molar-refractivity contribution in [3.05, 3.63) is 34.4 Å². The van der Waals surface area contributed by atoms with Gasteiger partial charge in [-0.2, -0.15) is 5.06 Å². The fourth-order valence-electron chi connectivity index (χ4n) is 3.75. The first-order chi connectivity index (χ1) is 11.8. The number of benzene rings is 1. The highest BCUT2D eigenvalue weighted by molar-refractivity contribution is 5.81. The lowest BCUT2D eigenvalue weighted by atomic mass is 9.87. The van der Waals surface area contributed by atoms with Gasteiger partial charge in [-0.1, -0.05) is 17.7 Å². The predicted molar refractivity (Wildman–Crippen MR) is 96.1 cm³/mol. The van der Waals surface area contributed by atoms with E-state index >= 15 is 0 Å². The van der Waals surface area contributed by atoms with Crippen molar-refractivity contribution >= 4 is 5.97 Å². The number of hydrogen-bond acceptors (Lipinski definition) is 6. The van der Waals surface area contributed by atoms with E-state index < -0.39 is 11.8 Å². The SMILES string of the molecule is COC(=O)C1(NC(O)Cc2c(C)cc(C)cc2C)CCN(OC)CC1. The zero-order chi connectivity index (χ0) is 18.6. The molecule has 0 bridgehead atoms. The summed E-state index contributed by atoms with van der Waals surface area (Å²) < 4.78 is 5.00. The number of piperidine rings is 1. The predicted octanol–water partition coefficient (Wildman–Crippen LogP) is 1.63. The molecule has 25 heavy (non-hydrogen) atoms. The molecule has 0 amide bonds. The van der Waals surface area contributed by atoms with Crippen LogP contribution in [0.15, 0.2) is 12.1 Å². The molecule has 140 valence electrons. The number of rotatable bonds is 6. The summed E-state index contributed by atoms with van der Waals surface area (Å²) >= 11 is 0. The molecule has 1 fully saturated rings. The molecular formula is C19H30N2O4. The fourth-order valence-corrected chi connectivity index (χ4v) is 3.75. The van der Waals surface area contributed by atoms with Crippen LogP contribution in [0, 0.1) is 20.8 Å². The van der Waals surface area contributed by atoms with Crippen LogP contribution in [0.5, 0.6) is 0 Å². The lowest BCUT2D eigenvalue weighted by molar-refractivity contribution is -0.173. The molecule has 1 aliphatic heterocycles. The van der Waals surface area contributed by atoms with Gasteiger partial charge in [0.2, 0.25) is 0 Å². The second-order valence-electron chi connectivity index (χ2n) is 6.93. The van der Waals surface area contributed by atoms with Gasteiger partial charge in [0, 0.05) is 19.5 Å². The van der Waals surface area contributed by atoms with Crippen molar-refractivity contribution in [1.82, 2.24) is 10.4 Å². The normalized spacial score (nSPS) is 18.8. The van der Waals surface area contributed by atoms with Crippen molar-refractivity contribution in [2.75, 3.05) is 27.3 Å². The van der Waals surface area contributed by atoms with Crippen molar-refractivity contribution in [1.29, 1.82) is 0 Å². The van der Waals surface area contributed by atoms with E-state index in [0.29, 0.717) is 32.4 Å². The molecule has 6 nitrogen and oxygen atoms in total. The molecule has 1 aliphatic rings. The number of methoxy groups -OCH3 is 1. The molecule has 0 aromatic heterocycles. The molecule has 1 aromatic carbocycles. The standard InChI is InChI=1S/C19H30N2O4/c1-13-10-14(2)16(15(3)11-13)12-17(22)20-19(18(23)24-4)6-8-21(25-5)9-7-19/h10-11,17,20,22H,6-9,12H2,1-5H3. The van der Waals surface area contributed by atoms with Crippen LogP contribution in [-0.4, -0.2) is 55.2 Å². The second-order valence-corrected chi connectivity index (χ2v) is 6.93. The topological polar surface area (TPSA) is 71.0 Å². The molecule has 0 radical (unpaired) electrons. The maximum absolute atomic E-state index is 12.4. The number of carbonyl (C=O) groups is 1. The molecule has 1 saturated heterocycles. The van der Waals surface area contributed by atoms with Gasteiger partial charge in [0.05, 0.1) is 14.2 Å². The van der Waals surface area contributed by atoms with Crippen molar-refractivity contribution < 1.29 is 19.5 Å². The van der Waals surface area contributed by atoms with Crippen molar-refractivity contribution in [3.8, 4) is 0 Å². The number of aliphatic hydroxyl groups is 1. The number of esters is 1. The summed E-state index contributed by atoms with van der Waals surface area (Å²) in [5.74, 6) is -0.334. The Morgan fingerprint density at radius 3 is 2.28 bits per heavy atom. The highest BCUT2D eigenvalue weighted by Crippen LogP contribution is 2.26. The van der Waals surface area contributed by atoms with Gasteiger partial charge in [-0.3, -0.25) is 10.1 Å². The van der Waals surface area contributed by atoms with Gasteiger partial charge in [0.1, 0.15) is 11.8 Å². The minimum atomic E-state index is -0.879. The van der Waals surface area contributed by atoms with Gasteiger partial charge < -0.3 is 14.7 Å². The smallest absolute Gasteiger partial charge is 0.326 e. The van der Waals surface area contributed by atoms with Crippen molar-refractivity contribution in [3.63, 3.8) is 0 Å². The molecular weight excluding hydrogens is 320 g/mol. The quantitative estimate of drug-likeness (QED) is 0.600. The van der Waals surface area contributed by atoms with E-state index in [0.717, 1.165) is 16.7 Å².